The van der Waals surface area contributed by atoms with Gasteiger partial charge in [0.15, 0.2) is 6.23 Å². The fraction of sp³-hybridized carbons (Fsp3) is 0.778. The Kier molecular flexibility index (Phi) is 4.63. The number of amides is 3. The lowest BCUT2D eigenvalue weighted by molar-refractivity contribution is -0.125. The van der Waals surface area contributed by atoms with Crippen molar-refractivity contribution in [3.05, 3.63) is 0 Å². The van der Waals surface area contributed by atoms with Crippen LogP contribution in [-0.4, -0.2) is 74.5 Å². The van der Waals surface area contributed by atoms with Crippen molar-refractivity contribution in [2.75, 3.05) is 13.2 Å². The van der Waals surface area contributed by atoms with Gasteiger partial charge in [0.05, 0.1) is 6.61 Å². The van der Waals surface area contributed by atoms with E-state index >= 15 is 0 Å². The number of rotatable bonds is 4. The first kappa shape index (κ1) is 16.3. The van der Waals surface area contributed by atoms with Crippen LogP contribution in [0, 0.1) is 0 Å². The number of carbonyl (C=O) groups is 2. The van der Waals surface area contributed by atoms with Gasteiger partial charge in [0.1, 0.15) is 18.3 Å². The second kappa shape index (κ2) is 5.97. The van der Waals surface area contributed by atoms with E-state index in [9.17, 15) is 19.3 Å². The number of urea groups is 1. The minimum Gasteiger partial charge on any atom is -0.394 e. The first-order valence-corrected chi connectivity index (χ1v) is 7.55. The standard InChI is InChI=1S/C9H15N2O9P/c12-3-4-7(20-21(16,17)18)6(14)8(19-4)11-2-1-5(13)10-9(11)15/h4,6-8,12,14H,1-3H2,(H,10,13,15)(H2,16,17,18). The molecule has 0 saturated carbocycles. The van der Waals surface area contributed by atoms with Gasteiger partial charge in [-0.05, 0) is 0 Å². The maximum atomic E-state index is 11.7. The first-order valence-electron chi connectivity index (χ1n) is 6.01. The Morgan fingerprint density at radius 3 is 2.62 bits per heavy atom. The van der Waals surface area contributed by atoms with E-state index in [0.717, 1.165) is 4.90 Å². The van der Waals surface area contributed by atoms with Gasteiger partial charge in [-0.3, -0.25) is 19.5 Å². The molecule has 11 nitrogen and oxygen atoms in total. The summed E-state index contributed by atoms with van der Waals surface area (Å²) in [5.41, 5.74) is 0. The van der Waals surface area contributed by atoms with Gasteiger partial charge in [0, 0.05) is 13.0 Å². The lowest BCUT2D eigenvalue weighted by Crippen LogP contribution is -2.56. The zero-order valence-corrected chi connectivity index (χ0v) is 11.5. The zero-order chi connectivity index (χ0) is 15.8. The summed E-state index contributed by atoms with van der Waals surface area (Å²) < 4.78 is 20.5. The molecule has 0 aliphatic carbocycles. The minimum absolute atomic E-state index is 0.00781. The largest absolute Gasteiger partial charge is 0.470 e. The van der Waals surface area contributed by atoms with Gasteiger partial charge in [0.2, 0.25) is 5.91 Å². The van der Waals surface area contributed by atoms with Crippen molar-refractivity contribution >= 4 is 19.8 Å². The average molecular weight is 326 g/mol. The Labute approximate surface area is 118 Å². The van der Waals surface area contributed by atoms with Gasteiger partial charge >= 0.3 is 13.9 Å². The highest BCUT2D eigenvalue weighted by Crippen LogP contribution is 2.42. The van der Waals surface area contributed by atoms with Gasteiger partial charge in [0.25, 0.3) is 0 Å². The molecule has 0 spiro atoms. The van der Waals surface area contributed by atoms with Crippen LogP contribution in [0.1, 0.15) is 6.42 Å². The highest BCUT2D eigenvalue weighted by Gasteiger charge is 2.51. The van der Waals surface area contributed by atoms with Crippen LogP contribution < -0.4 is 5.32 Å². The molecule has 0 radical (unpaired) electrons. The van der Waals surface area contributed by atoms with Crippen molar-refractivity contribution in [2.24, 2.45) is 0 Å². The van der Waals surface area contributed by atoms with E-state index in [-0.39, 0.29) is 13.0 Å². The van der Waals surface area contributed by atoms with Crippen molar-refractivity contribution in [3.63, 3.8) is 0 Å². The highest BCUT2D eigenvalue weighted by molar-refractivity contribution is 7.46. The number of ether oxygens (including phenoxy) is 1. The molecule has 2 rings (SSSR count). The molecule has 2 aliphatic rings. The molecule has 0 aromatic carbocycles. The van der Waals surface area contributed by atoms with Crippen molar-refractivity contribution in [1.29, 1.82) is 0 Å². The molecule has 3 amide bonds. The van der Waals surface area contributed by atoms with Crippen LogP contribution in [0.4, 0.5) is 4.79 Å². The summed E-state index contributed by atoms with van der Waals surface area (Å²) in [6, 6.07) is -0.802. The summed E-state index contributed by atoms with van der Waals surface area (Å²) in [5, 5.41) is 21.2. The van der Waals surface area contributed by atoms with E-state index in [4.69, 9.17) is 19.6 Å². The van der Waals surface area contributed by atoms with E-state index in [2.05, 4.69) is 4.52 Å². The maximum absolute atomic E-state index is 11.7. The van der Waals surface area contributed by atoms with Crippen molar-refractivity contribution in [2.45, 2.75) is 31.0 Å². The van der Waals surface area contributed by atoms with Gasteiger partial charge in [-0.25, -0.2) is 9.36 Å². The second-order valence-electron chi connectivity index (χ2n) is 4.60. The summed E-state index contributed by atoms with van der Waals surface area (Å²) >= 11 is 0. The Bertz CT molecular complexity index is 480. The number of carbonyl (C=O) groups excluding carboxylic acids is 2. The van der Waals surface area contributed by atoms with Gasteiger partial charge in [-0.1, -0.05) is 0 Å². The van der Waals surface area contributed by atoms with Crippen LogP contribution in [-0.2, 0) is 18.6 Å². The maximum Gasteiger partial charge on any atom is 0.470 e. The number of imide groups is 1. The smallest absolute Gasteiger partial charge is 0.394 e. The lowest BCUT2D eigenvalue weighted by atomic mass is 10.1. The van der Waals surface area contributed by atoms with Crippen LogP contribution in [0.3, 0.4) is 0 Å². The predicted molar refractivity (Wildman–Crippen MR) is 63.5 cm³/mol. The second-order valence-corrected chi connectivity index (χ2v) is 5.79. The summed E-state index contributed by atoms with van der Waals surface area (Å²) in [6.07, 6.45) is -5.61. The molecule has 0 bridgehead atoms. The number of nitrogens with zero attached hydrogens (tertiary/aromatic N) is 1. The molecule has 2 heterocycles. The number of hydrogen-bond acceptors (Lipinski definition) is 7. The van der Waals surface area contributed by atoms with Crippen LogP contribution in [0.15, 0.2) is 0 Å². The summed E-state index contributed by atoms with van der Waals surface area (Å²) in [7, 11) is -4.92. The van der Waals surface area contributed by atoms with Gasteiger partial charge < -0.3 is 24.7 Å². The average Bonchev–Trinajstić information content (AvgIpc) is 2.65. The van der Waals surface area contributed by atoms with Gasteiger partial charge in [-0.15, -0.1) is 0 Å². The predicted octanol–water partition coefficient (Wildman–Crippen LogP) is -2.52. The molecular weight excluding hydrogens is 311 g/mol. The normalized spacial score (nSPS) is 34.2. The minimum atomic E-state index is -4.92. The van der Waals surface area contributed by atoms with E-state index in [1.807, 2.05) is 5.32 Å². The number of hydrogen-bond donors (Lipinski definition) is 5. The highest BCUT2D eigenvalue weighted by atomic mass is 31.2. The third-order valence-electron chi connectivity index (χ3n) is 3.14. The van der Waals surface area contributed by atoms with Crippen LogP contribution in [0.25, 0.3) is 0 Å². The molecular formula is C9H15N2O9P. The van der Waals surface area contributed by atoms with E-state index in [1.54, 1.807) is 0 Å². The Hall–Kier alpha value is -1.07. The van der Waals surface area contributed by atoms with Crippen molar-refractivity contribution < 1.29 is 43.4 Å². The molecule has 2 saturated heterocycles. The van der Waals surface area contributed by atoms with E-state index in [1.165, 1.54) is 0 Å². The summed E-state index contributed by atoms with van der Waals surface area (Å²) in [6.45, 7) is -0.709. The Morgan fingerprint density at radius 2 is 2.10 bits per heavy atom. The number of phosphoric acid groups is 1. The summed E-state index contributed by atoms with van der Waals surface area (Å²) in [4.78, 5) is 41.3. The molecule has 4 unspecified atom stereocenters. The quantitative estimate of drug-likeness (QED) is 0.350. The Morgan fingerprint density at radius 1 is 1.43 bits per heavy atom. The molecule has 0 aromatic heterocycles. The first-order chi connectivity index (χ1) is 9.73. The Balaban J connectivity index is 2.13. The van der Waals surface area contributed by atoms with Crippen LogP contribution >= 0.6 is 7.82 Å². The van der Waals surface area contributed by atoms with Crippen LogP contribution in [0.2, 0.25) is 0 Å². The fourth-order valence-electron chi connectivity index (χ4n) is 2.23. The third-order valence-corrected chi connectivity index (χ3v) is 3.66. The molecule has 4 atom stereocenters. The molecule has 2 aliphatic heterocycles. The monoisotopic (exact) mass is 326 g/mol. The summed E-state index contributed by atoms with van der Waals surface area (Å²) in [5.74, 6) is -0.481. The number of aliphatic hydroxyl groups excluding tert-OH is 2. The van der Waals surface area contributed by atoms with E-state index in [0.29, 0.717) is 0 Å². The third kappa shape index (κ3) is 3.58. The topological polar surface area (TPSA) is 166 Å². The fourth-order valence-corrected chi connectivity index (χ4v) is 2.81. The molecule has 2 fully saturated rings. The van der Waals surface area contributed by atoms with Crippen molar-refractivity contribution in [3.8, 4) is 0 Å². The molecule has 21 heavy (non-hydrogen) atoms. The van der Waals surface area contributed by atoms with Crippen LogP contribution in [0.5, 0.6) is 0 Å². The van der Waals surface area contributed by atoms with Gasteiger partial charge in [-0.2, -0.15) is 0 Å². The lowest BCUT2D eigenvalue weighted by Gasteiger charge is -2.32. The number of nitrogens with one attached hydrogen (secondary N) is 1. The molecule has 5 N–H and O–H groups in total. The van der Waals surface area contributed by atoms with Crippen molar-refractivity contribution in [1.82, 2.24) is 10.2 Å². The molecule has 12 heteroatoms. The number of phosphoric ester groups is 1. The molecule has 120 valence electrons. The SMILES string of the molecule is O=C1CCN(C2OC(CO)C(OP(=O)(O)O)C2O)C(=O)N1. The zero-order valence-electron chi connectivity index (χ0n) is 10.7. The van der Waals surface area contributed by atoms with E-state index < -0.39 is 50.9 Å². The number of aliphatic hydroxyl groups is 2. The molecule has 0 aromatic rings.